The second-order valence-corrected chi connectivity index (χ2v) is 6.42. The van der Waals surface area contributed by atoms with Gasteiger partial charge in [0.05, 0.1) is 28.8 Å². The maximum atomic E-state index is 12.4. The molecular formula is C14H18Cl2N4O2. The summed E-state index contributed by atoms with van der Waals surface area (Å²) in [7, 11) is 2.07. The Labute approximate surface area is 139 Å². The lowest BCUT2D eigenvalue weighted by Gasteiger charge is -2.45. The van der Waals surface area contributed by atoms with Crippen molar-refractivity contribution in [3.05, 3.63) is 22.3 Å². The van der Waals surface area contributed by atoms with Crippen LogP contribution < -0.4 is 5.32 Å². The number of likely N-dealkylation sites (N-methyl/N-ethyl adjacent to an activating group) is 1. The molecule has 2 amide bonds. The number of rotatable bonds is 1. The number of ether oxygens (including phenoxy) is 1. The van der Waals surface area contributed by atoms with E-state index in [1.807, 2.05) is 0 Å². The van der Waals surface area contributed by atoms with Gasteiger partial charge in [-0.05, 0) is 13.5 Å². The Kier molecular flexibility index (Phi) is 4.73. The van der Waals surface area contributed by atoms with Crippen molar-refractivity contribution in [3.63, 3.8) is 0 Å². The highest BCUT2D eigenvalue weighted by molar-refractivity contribution is 6.42. The lowest BCUT2D eigenvalue weighted by atomic mass is 9.99. The van der Waals surface area contributed by atoms with Crippen LogP contribution in [0.15, 0.2) is 12.3 Å². The minimum atomic E-state index is -0.177. The average molecular weight is 345 g/mol. The predicted molar refractivity (Wildman–Crippen MR) is 85.6 cm³/mol. The summed E-state index contributed by atoms with van der Waals surface area (Å²) >= 11 is 11.8. The highest BCUT2D eigenvalue weighted by Gasteiger charge is 2.36. The molecule has 1 aromatic heterocycles. The van der Waals surface area contributed by atoms with Gasteiger partial charge in [0.15, 0.2) is 0 Å². The normalized spacial score (nSPS) is 25.7. The average Bonchev–Trinajstić information content (AvgIpc) is 2.51. The van der Waals surface area contributed by atoms with Gasteiger partial charge in [0, 0.05) is 31.9 Å². The van der Waals surface area contributed by atoms with Crippen molar-refractivity contribution < 1.29 is 9.53 Å². The molecule has 3 rings (SSSR count). The summed E-state index contributed by atoms with van der Waals surface area (Å²) in [6.07, 6.45) is 2.48. The number of hydrogen-bond donors (Lipinski definition) is 1. The first kappa shape index (κ1) is 15.8. The van der Waals surface area contributed by atoms with Gasteiger partial charge in [0.25, 0.3) is 0 Å². The number of anilines is 1. The van der Waals surface area contributed by atoms with Crippen LogP contribution in [0.4, 0.5) is 10.6 Å². The molecule has 0 aliphatic carbocycles. The molecule has 0 radical (unpaired) electrons. The fraction of sp³-hybridized carbons (Fsp3) is 0.571. The van der Waals surface area contributed by atoms with Crippen LogP contribution in [0.2, 0.25) is 10.0 Å². The molecule has 2 atom stereocenters. The Morgan fingerprint density at radius 3 is 3.00 bits per heavy atom. The molecule has 1 aromatic rings. The van der Waals surface area contributed by atoms with Crippen molar-refractivity contribution in [2.24, 2.45) is 0 Å². The van der Waals surface area contributed by atoms with E-state index in [-0.39, 0.29) is 18.2 Å². The Bertz CT molecular complexity index is 572. The number of morpholine rings is 1. The van der Waals surface area contributed by atoms with Gasteiger partial charge in [0.1, 0.15) is 5.82 Å². The quantitative estimate of drug-likeness (QED) is 0.849. The van der Waals surface area contributed by atoms with Gasteiger partial charge >= 0.3 is 6.03 Å². The number of fused-ring (bicyclic) bond motifs is 1. The number of nitrogens with zero attached hydrogens (tertiary/aromatic N) is 3. The van der Waals surface area contributed by atoms with Crippen LogP contribution >= 0.6 is 23.2 Å². The van der Waals surface area contributed by atoms with Crippen LogP contribution in [-0.2, 0) is 4.74 Å². The predicted octanol–water partition coefficient (Wildman–Crippen LogP) is 2.33. The number of aromatic nitrogens is 1. The maximum Gasteiger partial charge on any atom is 0.323 e. The summed E-state index contributed by atoms with van der Waals surface area (Å²) in [4.78, 5) is 20.5. The summed E-state index contributed by atoms with van der Waals surface area (Å²) in [5.74, 6) is 0.398. The van der Waals surface area contributed by atoms with Crippen LogP contribution in [0.25, 0.3) is 0 Å². The second-order valence-electron chi connectivity index (χ2n) is 5.61. The molecule has 120 valence electrons. The first-order valence-electron chi connectivity index (χ1n) is 7.23. The van der Waals surface area contributed by atoms with Crippen molar-refractivity contribution in [3.8, 4) is 0 Å². The molecule has 0 saturated carbocycles. The van der Waals surface area contributed by atoms with Crippen molar-refractivity contribution in [1.82, 2.24) is 14.8 Å². The van der Waals surface area contributed by atoms with Gasteiger partial charge in [-0.3, -0.25) is 10.2 Å². The van der Waals surface area contributed by atoms with Crippen molar-refractivity contribution >= 4 is 35.1 Å². The number of piperidine rings is 1. The van der Waals surface area contributed by atoms with E-state index in [0.717, 1.165) is 19.6 Å². The topological polar surface area (TPSA) is 57.7 Å². The molecule has 2 aliphatic rings. The minimum absolute atomic E-state index is 0.177. The first-order chi connectivity index (χ1) is 10.5. The van der Waals surface area contributed by atoms with Crippen molar-refractivity contribution in [2.75, 3.05) is 38.6 Å². The number of likely N-dealkylation sites (tertiary alicyclic amines) is 1. The highest BCUT2D eigenvalue weighted by atomic mass is 35.5. The summed E-state index contributed by atoms with van der Waals surface area (Å²) in [5.41, 5.74) is 0. The zero-order chi connectivity index (χ0) is 15.7. The minimum Gasteiger partial charge on any atom is -0.375 e. The molecule has 0 aromatic carbocycles. The maximum absolute atomic E-state index is 12.4. The zero-order valence-corrected chi connectivity index (χ0v) is 13.8. The number of carbonyl (C=O) groups is 1. The van der Waals surface area contributed by atoms with Crippen LogP contribution in [0, 0.1) is 0 Å². The molecule has 0 bridgehead atoms. The molecular weight excluding hydrogens is 327 g/mol. The third-order valence-electron chi connectivity index (χ3n) is 4.19. The largest absolute Gasteiger partial charge is 0.375 e. The van der Waals surface area contributed by atoms with Gasteiger partial charge in [-0.1, -0.05) is 23.2 Å². The molecule has 1 N–H and O–H groups in total. The third kappa shape index (κ3) is 3.30. The van der Waals surface area contributed by atoms with Crippen LogP contribution in [-0.4, -0.2) is 66.2 Å². The fourth-order valence-electron chi connectivity index (χ4n) is 2.90. The van der Waals surface area contributed by atoms with Gasteiger partial charge in [0.2, 0.25) is 0 Å². The van der Waals surface area contributed by atoms with E-state index in [4.69, 9.17) is 27.9 Å². The van der Waals surface area contributed by atoms with Gasteiger partial charge in [-0.15, -0.1) is 0 Å². The number of nitrogens with one attached hydrogen (secondary N) is 1. The smallest absolute Gasteiger partial charge is 0.323 e. The molecule has 8 heteroatoms. The van der Waals surface area contributed by atoms with Crippen LogP contribution in [0.5, 0.6) is 0 Å². The number of carbonyl (C=O) groups excluding carboxylic acids is 1. The SMILES string of the molecule is CN1CCO[C@H]2CCN(C(=O)Nc3cc(Cl)c(Cl)cn3)C[C@H]21. The number of amides is 2. The molecule has 2 fully saturated rings. The van der Waals surface area contributed by atoms with Crippen molar-refractivity contribution in [1.29, 1.82) is 0 Å². The Morgan fingerprint density at radius 1 is 1.41 bits per heavy atom. The lowest BCUT2D eigenvalue weighted by molar-refractivity contribution is -0.0875. The summed E-state index contributed by atoms with van der Waals surface area (Å²) < 4.78 is 5.78. The Morgan fingerprint density at radius 2 is 2.23 bits per heavy atom. The number of hydrogen-bond acceptors (Lipinski definition) is 4. The second kappa shape index (κ2) is 6.58. The zero-order valence-electron chi connectivity index (χ0n) is 12.3. The third-order valence-corrected chi connectivity index (χ3v) is 4.90. The number of halogens is 2. The van der Waals surface area contributed by atoms with Crippen LogP contribution in [0.1, 0.15) is 6.42 Å². The monoisotopic (exact) mass is 344 g/mol. The molecule has 0 spiro atoms. The van der Waals surface area contributed by atoms with E-state index in [9.17, 15) is 4.79 Å². The van der Waals surface area contributed by atoms with Crippen LogP contribution in [0.3, 0.4) is 0 Å². The Hall–Kier alpha value is -1.08. The van der Waals surface area contributed by atoms with E-state index in [1.165, 1.54) is 6.20 Å². The molecule has 3 heterocycles. The summed E-state index contributed by atoms with van der Waals surface area (Å²) in [6.45, 7) is 2.97. The van der Waals surface area contributed by atoms with E-state index < -0.39 is 0 Å². The van der Waals surface area contributed by atoms with E-state index in [0.29, 0.717) is 29.0 Å². The van der Waals surface area contributed by atoms with E-state index in [2.05, 4.69) is 22.2 Å². The van der Waals surface area contributed by atoms with Gasteiger partial charge < -0.3 is 9.64 Å². The summed E-state index contributed by atoms with van der Waals surface area (Å²) in [6, 6.07) is 1.61. The first-order valence-corrected chi connectivity index (χ1v) is 7.99. The van der Waals surface area contributed by atoms with Gasteiger partial charge in [-0.2, -0.15) is 0 Å². The molecule has 2 saturated heterocycles. The van der Waals surface area contributed by atoms with Gasteiger partial charge in [-0.25, -0.2) is 9.78 Å². The molecule has 2 aliphatic heterocycles. The highest BCUT2D eigenvalue weighted by Crippen LogP contribution is 2.24. The summed E-state index contributed by atoms with van der Waals surface area (Å²) in [5, 5.41) is 3.49. The lowest BCUT2D eigenvalue weighted by Crippen LogP contribution is -2.60. The molecule has 0 unspecified atom stereocenters. The molecule has 22 heavy (non-hydrogen) atoms. The molecule has 6 nitrogen and oxygen atoms in total. The number of pyridine rings is 1. The fourth-order valence-corrected chi connectivity index (χ4v) is 3.15. The van der Waals surface area contributed by atoms with E-state index >= 15 is 0 Å². The van der Waals surface area contributed by atoms with E-state index in [1.54, 1.807) is 11.0 Å². The van der Waals surface area contributed by atoms with Crippen molar-refractivity contribution in [2.45, 2.75) is 18.6 Å². The Balaban J connectivity index is 1.64. The standard InChI is InChI=1S/C14H18Cl2N4O2/c1-19-4-5-22-12-2-3-20(8-11(12)19)14(21)18-13-6-9(15)10(16)7-17-13/h6-7,11-12H,2-5,8H2,1H3,(H,17,18,21)/t11-,12+/m1/s1. The number of urea groups is 1.